The van der Waals surface area contributed by atoms with Crippen molar-refractivity contribution in [2.75, 3.05) is 13.7 Å². The maximum Gasteiger partial charge on any atom is 0.416 e. The van der Waals surface area contributed by atoms with E-state index in [1.807, 2.05) is 12.1 Å². The number of hydrogen-bond donors (Lipinski definition) is 0. The minimum absolute atomic E-state index is 0.0719. The average molecular weight is 406 g/mol. The predicted molar refractivity (Wildman–Crippen MR) is 103 cm³/mol. The number of likely N-dealkylation sites (tertiary alicyclic amines) is 1. The zero-order chi connectivity index (χ0) is 21.2. The van der Waals surface area contributed by atoms with E-state index in [4.69, 9.17) is 4.74 Å². The molecule has 2 aromatic rings. The van der Waals surface area contributed by atoms with E-state index in [1.54, 1.807) is 31.0 Å². The standard InChI is InChI=1S/C22H25F3N2O2/c1-21(2,29-3)20(28)27-11-5-8-19(27)18-10-9-16(14-26-18)12-15-6-4-7-17(13-15)22(23,24)25/h4,6-7,9-10,13-14,19H,5,8,11-12H2,1-3H3/t19-/m1/s1. The van der Waals surface area contributed by atoms with E-state index in [1.165, 1.54) is 13.2 Å². The van der Waals surface area contributed by atoms with Gasteiger partial charge >= 0.3 is 6.18 Å². The molecule has 1 aromatic carbocycles. The van der Waals surface area contributed by atoms with Gasteiger partial charge in [0.1, 0.15) is 5.60 Å². The van der Waals surface area contributed by atoms with Crippen LogP contribution in [0.15, 0.2) is 42.6 Å². The Morgan fingerprint density at radius 2 is 1.97 bits per heavy atom. The number of alkyl halides is 3. The average Bonchev–Trinajstić information content (AvgIpc) is 3.17. The number of carbonyl (C=O) groups is 1. The molecule has 4 nitrogen and oxygen atoms in total. The lowest BCUT2D eigenvalue weighted by Gasteiger charge is -2.32. The highest BCUT2D eigenvalue weighted by atomic mass is 19.4. The Kier molecular flexibility index (Phi) is 5.98. The molecule has 0 unspecified atom stereocenters. The maximum absolute atomic E-state index is 12.9. The molecule has 1 saturated heterocycles. The van der Waals surface area contributed by atoms with Gasteiger partial charge in [0.25, 0.3) is 5.91 Å². The number of hydrogen-bond acceptors (Lipinski definition) is 3. The number of benzene rings is 1. The Labute approximate surface area is 168 Å². The Bertz CT molecular complexity index is 863. The molecule has 29 heavy (non-hydrogen) atoms. The van der Waals surface area contributed by atoms with Gasteiger partial charge in [-0.3, -0.25) is 9.78 Å². The van der Waals surface area contributed by atoms with Crippen LogP contribution in [0.2, 0.25) is 0 Å². The minimum atomic E-state index is -4.35. The first-order chi connectivity index (χ1) is 13.6. The lowest BCUT2D eigenvalue weighted by atomic mass is 10.0. The number of rotatable bonds is 5. The van der Waals surface area contributed by atoms with Crippen LogP contribution in [0.4, 0.5) is 13.2 Å². The smallest absolute Gasteiger partial charge is 0.369 e. The first kappa shape index (κ1) is 21.3. The molecule has 7 heteroatoms. The summed E-state index contributed by atoms with van der Waals surface area (Å²) in [5.74, 6) is -0.0719. The van der Waals surface area contributed by atoms with Crippen LogP contribution in [0.3, 0.4) is 0 Å². The highest BCUT2D eigenvalue weighted by Gasteiger charge is 2.39. The molecule has 0 spiro atoms. The fourth-order valence-electron chi connectivity index (χ4n) is 3.58. The molecule has 0 bridgehead atoms. The van der Waals surface area contributed by atoms with Crippen LogP contribution in [-0.4, -0.2) is 35.0 Å². The second-order valence-electron chi connectivity index (χ2n) is 7.84. The number of carbonyl (C=O) groups excluding carboxylic acids is 1. The summed E-state index contributed by atoms with van der Waals surface area (Å²) < 4.78 is 44.0. The Morgan fingerprint density at radius 3 is 2.59 bits per heavy atom. The van der Waals surface area contributed by atoms with Crippen molar-refractivity contribution in [1.82, 2.24) is 9.88 Å². The van der Waals surface area contributed by atoms with Crippen molar-refractivity contribution in [2.45, 2.75) is 50.9 Å². The van der Waals surface area contributed by atoms with Gasteiger partial charge in [0.2, 0.25) is 0 Å². The third-order valence-electron chi connectivity index (χ3n) is 5.39. The number of methoxy groups -OCH3 is 1. The molecule has 0 radical (unpaired) electrons. The largest absolute Gasteiger partial charge is 0.416 e. The molecule has 1 aliphatic rings. The van der Waals surface area contributed by atoms with Crippen molar-refractivity contribution >= 4 is 5.91 Å². The molecule has 1 aromatic heterocycles. The van der Waals surface area contributed by atoms with Crippen LogP contribution in [0, 0.1) is 0 Å². The first-order valence-corrected chi connectivity index (χ1v) is 9.59. The summed E-state index contributed by atoms with van der Waals surface area (Å²) in [5.41, 5.74) is 0.637. The Balaban J connectivity index is 1.74. The normalized spacial score (nSPS) is 17.6. The van der Waals surface area contributed by atoms with Gasteiger partial charge in [-0.15, -0.1) is 0 Å². The molecule has 0 N–H and O–H groups in total. The van der Waals surface area contributed by atoms with Gasteiger partial charge in [-0.2, -0.15) is 13.2 Å². The van der Waals surface area contributed by atoms with Crippen LogP contribution in [0.5, 0.6) is 0 Å². The molecule has 156 valence electrons. The van der Waals surface area contributed by atoms with Crippen LogP contribution < -0.4 is 0 Å². The van der Waals surface area contributed by atoms with E-state index in [-0.39, 0.29) is 11.9 Å². The predicted octanol–water partition coefficient (Wildman–Crippen LogP) is 4.78. The van der Waals surface area contributed by atoms with E-state index in [2.05, 4.69) is 4.98 Å². The van der Waals surface area contributed by atoms with Crippen LogP contribution in [-0.2, 0) is 22.1 Å². The van der Waals surface area contributed by atoms with Crippen LogP contribution in [0.1, 0.15) is 55.1 Å². The van der Waals surface area contributed by atoms with Crippen LogP contribution >= 0.6 is 0 Å². The summed E-state index contributed by atoms with van der Waals surface area (Å²) in [4.78, 5) is 19.1. The molecule has 1 aliphatic heterocycles. The van der Waals surface area contributed by atoms with E-state index in [9.17, 15) is 18.0 Å². The lowest BCUT2D eigenvalue weighted by molar-refractivity contribution is -0.152. The summed E-state index contributed by atoms with van der Waals surface area (Å²) in [6, 6.07) is 8.94. The van der Waals surface area contributed by atoms with Crippen LogP contribution in [0.25, 0.3) is 0 Å². The molecule has 0 saturated carbocycles. The topological polar surface area (TPSA) is 42.4 Å². The number of halogens is 3. The number of nitrogens with zero attached hydrogens (tertiary/aromatic N) is 2. The highest BCUT2D eigenvalue weighted by molar-refractivity contribution is 5.85. The van der Waals surface area contributed by atoms with Gasteiger partial charge in [-0.05, 0) is 56.4 Å². The van der Waals surface area contributed by atoms with Gasteiger partial charge in [0.15, 0.2) is 0 Å². The monoisotopic (exact) mass is 406 g/mol. The van der Waals surface area contributed by atoms with Crippen molar-refractivity contribution in [3.8, 4) is 0 Å². The molecule has 3 rings (SSSR count). The third kappa shape index (κ3) is 4.78. The molecular formula is C22H25F3N2O2. The fourth-order valence-corrected chi connectivity index (χ4v) is 3.58. The number of ether oxygens (including phenoxy) is 1. The number of amides is 1. The highest BCUT2D eigenvalue weighted by Crippen LogP contribution is 2.34. The quantitative estimate of drug-likeness (QED) is 0.718. The van der Waals surface area contributed by atoms with E-state index in [0.29, 0.717) is 18.5 Å². The van der Waals surface area contributed by atoms with Gasteiger partial charge in [-0.25, -0.2) is 0 Å². The third-order valence-corrected chi connectivity index (χ3v) is 5.39. The summed E-state index contributed by atoms with van der Waals surface area (Å²) in [5, 5.41) is 0. The molecule has 1 amide bonds. The summed E-state index contributed by atoms with van der Waals surface area (Å²) in [6.07, 6.45) is -0.596. The molecule has 2 heterocycles. The van der Waals surface area contributed by atoms with Gasteiger partial charge in [-0.1, -0.05) is 24.3 Å². The number of pyridine rings is 1. The molecule has 1 atom stereocenters. The van der Waals surface area contributed by atoms with Crippen molar-refractivity contribution < 1.29 is 22.7 Å². The zero-order valence-corrected chi connectivity index (χ0v) is 16.8. The summed E-state index contributed by atoms with van der Waals surface area (Å²) in [7, 11) is 1.52. The van der Waals surface area contributed by atoms with Crippen molar-refractivity contribution in [2.24, 2.45) is 0 Å². The van der Waals surface area contributed by atoms with Crippen molar-refractivity contribution in [1.29, 1.82) is 0 Å². The molecule has 0 aliphatic carbocycles. The maximum atomic E-state index is 12.9. The summed E-state index contributed by atoms with van der Waals surface area (Å²) >= 11 is 0. The second kappa shape index (κ2) is 8.14. The fraction of sp³-hybridized carbons (Fsp3) is 0.455. The Morgan fingerprint density at radius 1 is 1.21 bits per heavy atom. The number of aromatic nitrogens is 1. The van der Waals surface area contributed by atoms with Gasteiger partial charge in [0, 0.05) is 19.9 Å². The molecule has 1 fully saturated rings. The minimum Gasteiger partial charge on any atom is -0.369 e. The summed E-state index contributed by atoms with van der Waals surface area (Å²) in [6.45, 7) is 4.15. The molecular weight excluding hydrogens is 381 g/mol. The van der Waals surface area contributed by atoms with E-state index in [0.717, 1.165) is 36.2 Å². The van der Waals surface area contributed by atoms with E-state index >= 15 is 0 Å². The van der Waals surface area contributed by atoms with E-state index < -0.39 is 17.3 Å². The Hall–Kier alpha value is -2.41. The first-order valence-electron chi connectivity index (χ1n) is 9.59. The van der Waals surface area contributed by atoms with Gasteiger partial charge in [0.05, 0.1) is 17.3 Å². The lowest BCUT2D eigenvalue weighted by Crippen LogP contribution is -2.46. The van der Waals surface area contributed by atoms with Gasteiger partial charge < -0.3 is 9.64 Å². The van der Waals surface area contributed by atoms with Crippen molar-refractivity contribution in [3.63, 3.8) is 0 Å². The zero-order valence-electron chi connectivity index (χ0n) is 16.8. The van der Waals surface area contributed by atoms with Crippen molar-refractivity contribution in [3.05, 3.63) is 65.0 Å². The SMILES string of the molecule is COC(C)(C)C(=O)N1CCC[C@@H]1c1ccc(Cc2cccc(C(F)(F)F)c2)cn1. The second-order valence-corrected chi connectivity index (χ2v) is 7.84.